The summed E-state index contributed by atoms with van der Waals surface area (Å²) in [4.78, 5) is 25.0. The molecule has 0 amide bonds. The third-order valence-corrected chi connectivity index (χ3v) is 4.55. The van der Waals surface area contributed by atoms with Gasteiger partial charge in [0.05, 0.1) is 6.61 Å². The minimum atomic E-state index is -0.475. The molecular weight excluding hydrogens is 340 g/mol. The molecule has 4 nitrogen and oxygen atoms in total. The summed E-state index contributed by atoms with van der Waals surface area (Å²) in [6.07, 6.45) is -0.00449. The fraction of sp³-hybridized carbons (Fsp3) is 0.130. The van der Waals surface area contributed by atoms with Gasteiger partial charge in [0.25, 0.3) is 0 Å². The van der Waals surface area contributed by atoms with E-state index in [2.05, 4.69) is 0 Å². The second kappa shape index (κ2) is 7.08. The Hall–Kier alpha value is -3.40. The third-order valence-electron chi connectivity index (χ3n) is 4.55. The molecule has 0 aliphatic rings. The van der Waals surface area contributed by atoms with Crippen molar-refractivity contribution in [1.82, 2.24) is 0 Å². The van der Waals surface area contributed by atoms with E-state index in [4.69, 9.17) is 9.15 Å². The number of rotatable bonds is 5. The van der Waals surface area contributed by atoms with Crippen molar-refractivity contribution >= 4 is 27.5 Å². The standard InChI is InChI=1S/C23H18O4/c1-2-26-18-10-7-16(8-11-18)21(24)14-17-13-20-19-6-4-3-5-15(19)9-12-22(20)27-23(17)25/h3-13H,2,14H2,1H3. The average Bonchev–Trinajstić information content (AvgIpc) is 2.69. The molecule has 0 aliphatic heterocycles. The van der Waals surface area contributed by atoms with E-state index >= 15 is 0 Å². The predicted molar refractivity (Wildman–Crippen MR) is 106 cm³/mol. The first-order valence-corrected chi connectivity index (χ1v) is 8.86. The summed E-state index contributed by atoms with van der Waals surface area (Å²) in [6, 6.07) is 20.3. The summed E-state index contributed by atoms with van der Waals surface area (Å²) in [7, 11) is 0. The molecular formula is C23H18O4. The lowest BCUT2D eigenvalue weighted by atomic mass is 10.0. The molecule has 0 aliphatic carbocycles. The average molecular weight is 358 g/mol. The van der Waals surface area contributed by atoms with Crippen molar-refractivity contribution < 1.29 is 13.9 Å². The Balaban J connectivity index is 1.70. The quantitative estimate of drug-likeness (QED) is 0.293. The molecule has 0 saturated carbocycles. The number of ketones is 1. The first-order chi connectivity index (χ1) is 13.2. The predicted octanol–water partition coefficient (Wildman–Crippen LogP) is 4.77. The zero-order valence-corrected chi connectivity index (χ0v) is 14.9. The Morgan fingerprint density at radius 3 is 2.52 bits per heavy atom. The van der Waals surface area contributed by atoms with Gasteiger partial charge >= 0.3 is 5.63 Å². The number of ether oxygens (including phenoxy) is 1. The van der Waals surface area contributed by atoms with Crippen LogP contribution in [0.5, 0.6) is 5.75 Å². The van der Waals surface area contributed by atoms with Crippen LogP contribution in [0.15, 0.2) is 75.9 Å². The van der Waals surface area contributed by atoms with Crippen molar-refractivity contribution in [3.05, 3.63) is 88.3 Å². The van der Waals surface area contributed by atoms with Crippen molar-refractivity contribution in [3.8, 4) is 5.75 Å². The highest BCUT2D eigenvalue weighted by molar-refractivity contribution is 6.06. The highest BCUT2D eigenvalue weighted by Crippen LogP contribution is 2.25. The van der Waals surface area contributed by atoms with Gasteiger partial charge in [-0.25, -0.2) is 4.79 Å². The Morgan fingerprint density at radius 2 is 1.74 bits per heavy atom. The fourth-order valence-corrected chi connectivity index (χ4v) is 3.21. The van der Waals surface area contributed by atoms with Crippen LogP contribution in [0.1, 0.15) is 22.8 Å². The Labute approximate surface area is 156 Å². The number of benzene rings is 3. The molecule has 1 heterocycles. The smallest absolute Gasteiger partial charge is 0.339 e. The summed E-state index contributed by atoms with van der Waals surface area (Å²) in [6.45, 7) is 2.47. The lowest BCUT2D eigenvalue weighted by Gasteiger charge is -2.06. The van der Waals surface area contributed by atoms with Gasteiger partial charge in [-0.1, -0.05) is 30.3 Å². The van der Waals surface area contributed by atoms with E-state index < -0.39 is 5.63 Å². The molecule has 3 aromatic carbocycles. The lowest BCUT2D eigenvalue weighted by Crippen LogP contribution is -2.13. The highest BCUT2D eigenvalue weighted by atomic mass is 16.5. The maximum Gasteiger partial charge on any atom is 0.339 e. The molecule has 0 saturated heterocycles. The zero-order valence-electron chi connectivity index (χ0n) is 14.9. The van der Waals surface area contributed by atoms with E-state index in [0.29, 0.717) is 29.1 Å². The summed E-state index contributed by atoms with van der Waals surface area (Å²) in [5.74, 6) is 0.579. The number of fused-ring (bicyclic) bond motifs is 3. The number of hydrogen-bond donors (Lipinski definition) is 0. The van der Waals surface area contributed by atoms with Crippen LogP contribution in [-0.4, -0.2) is 12.4 Å². The highest BCUT2D eigenvalue weighted by Gasteiger charge is 2.13. The molecule has 0 atom stereocenters. The SMILES string of the molecule is CCOc1ccc(C(=O)Cc2cc3c(ccc4ccccc43)oc2=O)cc1. The van der Waals surface area contributed by atoms with E-state index in [1.54, 1.807) is 36.4 Å². The molecule has 4 heteroatoms. The molecule has 0 spiro atoms. The molecule has 1 aromatic heterocycles. The van der Waals surface area contributed by atoms with Crippen molar-refractivity contribution in [3.63, 3.8) is 0 Å². The second-order valence-corrected chi connectivity index (χ2v) is 6.31. The van der Waals surface area contributed by atoms with Gasteiger partial charge < -0.3 is 9.15 Å². The van der Waals surface area contributed by atoms with E-state index in [1.165, 1.54) is 0 Å². The lowest BCUT2D eigenvalue weighted by molar-refractivity contribution is 0.0992. The van der Waals surface area contributed by atoms with Crippen LogP contribution in [0, 0.1) is 0 Å². The van der Waals surface area contributed by atoms with Crippen molar-refractivity contribution in [2.75, 3.05) is 6.61 Å². The summed E-state index contributed by atoms with van der Waals surface area (Å²) in [5.41, 5.74) is 0.946. The molecule has 0 unspecified atom stereocenters. The number of hydrogen-bond acceptors (Lipinski definition) is 4. The van der Waals surface area contributed by atoms with E-state index in [0.717, 1.165) is 16.2 Å². The van der Waals surface area contributed by atoms with E-state index in [9.17, 15) is 9.59 Å². The van der Waals surface area contributed by atoms with Crippen LogP contribution in [0.3, 0.4) is 0 Å². The summed E-state index contributed by atoms with van der Waals surface area (Å²) < 4.78 is 10.9. The maximum atomic E-state index is 12.6. The monoisotopic (exact) mass is 358 g/mol. The zero-order chi connectivity index (χ0) is 18.8. The van der Waals surface area contributed by atoms with Crippen molar-refractivity contribution in [1.29, 1.82) is 0 Å². The third kappa shape index (κ3) is 3.34. The van der Waals surface area contributed by atoms with Crippen LogP contribution in [0.2, 0.25) is 0 Å². The van der Waals surface area contributed by atoms with Gasteiger partial charge in [-0.15, -0.1) is 0 Å². The van der Waals surface area contributed by atoms with Gasteiger partial charge in [-0.2, -0.15) is 0 Å². The van der Waals surface area contributed by atoms with Crippen LogP contribution >= 0.6 is 0 Å². The van der Waals surface area contributed by atoms with Gasteiger partial charge in [0.1, 0.15) is 11.3 Å². The molecule has 134 valence electrons. The minimum Gasteiger partial charge on any atom is -0.494 e. The molecule has 0 fully saturated rings. The molecule has 0 N–H and O–H groups in total. The van der Waals surface area contributed by atoms with Crippen LogP contribution in [-0.2, 0) is 6.42 Å². The second-order valence-electron chi connectivity index (χ2n) is 6.31. The van der Waals surface area contributed by atoms with Crippen molar-refractivity contribution in [2.45, 2.75) is 13.3 Å². The van der Waals surface area contributed by atoms with Gasteiger partial charge in [0, 0.05) is 22.9 Å². The largest absolute Gasteiger partial charge is 0.494 e. The summed E-state index contributed by atoms with van der Waals surface area (Å²) >= 11 is 0. The van der Waals surface area contributed by atoms with Crippen LogP contribution in [0.25, 0.3) is 21.7 Å². The first-order valence-electron chi connectivity index (χ1n) is 8.86. The van der Waals surface area contributed by atoms with Crippen molar-refractivity contribution in [2.24, 2.45) is 0 Å². The van der Waals surface area contributed by atoms with E-state index in [1.807, 2.05) is 37.3 Å². The Morgan fingerprint density at radius 1 is 0.963 bits per heavy atom. The van der Waals surface area contributed by atoms with Gasteiger partial charge in [-0.05, 0) is 54.1 Å². The number of Topliss-reactive ketones (excluding diaryl/α,β-unsaturated/α-hetero) is 1. The van der Waals surface area contributed by atoms with Gasteiger partial charge in [-0.3, -0.25) is 4.79 Å². The van der Waals surface area contributed by atoms with Crippen LogP contribution in [0.4, 0.5) is 0 Å². The van der Waals surface area contributed by atoms with Gasteiger partial charge in [0.2, 0.25) is 0 Å². The van der Waals surface area contributed by atoms with Crippen LogP contribution < -0.4 is 10.4 Å². The number of carbonyl (C=O) groups excluding carboxylic acids is 1. The minimum absolute atomic E-state index is 0.00449. The molecule has 0 bridgehead atoms. The number of carbonyl (C=O) groups is 1. The normalized spacial score (nSPS) is 11.0. The first kappa shape index (κ1) is 17.0. The Kier molecular flexibility index (Phi) is 4.47. The molecule has 4 rings (SSSR count). The summed E-state index contributed by atoms with van der Waals surface area (Å²) in [5, 5.41) is 2.89. The Bertz CT molecular complexity index is 1190. The maximum absolute atomic E-state index is 12.6. The van der Waals surface area contributed by atoms with Gasteiger partial charge in [0.15, 0.2) is 5.78 Å². The molecule has 0 radical (unpaired) electrons. The van der Waals surface area contributed by atoms with E-state index in [-0.39, 0.29) is 12.2 Å². The fourth-order valence-electron chi connectivity index (χ4n) is 3.21. The topological polar surface area (TPSA) is 56.5 Å². The molecule has 27 heavy (non-hydrogen) atoms. The molecule has 4 aromatic rings.